The minimum absolute atomic E-state index is 0.126. The Morgan fingerprint density at radius 1 is 1.03 bits per heavy atom. The Balaban J connectivity index is 1.59. The van der Waals surface area contributed by atoms with Crippen molar-refractivity contribution in [3.8, 4) is 5.75 Å². The normalized spacial score (nSPS) is 19.1. The molecule has 5 rings (SSSR count). The second-order valence-corrected chi connectivity index (χ2v) is 7.80. The van der Waals surface area contributed by atoms with E-state index >= 15 is 0 Å². The van der Waals surface area contributed by atoms with Crippen molar-refractivity contribution < 1.29 is 18.7 Å². The Kier molecular flexibility index (Phi) is 5.21. The van der Waals surface area contributed by atoms with Gasteiger partial charge < -0.3 is 18.8 Å². The monoisotopic (exact) mass is 420 g/mol. The van der Waals surface area contributed by atoms with Crippen molar-refractivity contribution >= 4 is 16.9 Å². The van der Waals surface area contributed by atoms with Crippen molar-refractivity contribution in [2.24, 2.45) is 0 Å². The predicted molar refractivity (Wildman–Crippen MR) is 116 cm³/mol. The van der Waals surface area contributed by atoms with Crippen LogP contribution >= 0.6 is 0 Å². The minimum atomic E-state index is -0.465. The van der Waals surface area contributed by atoms with Crippen LogP contribution in [0.25, 0.3) is 11.0 Å². The van der Waals surface area contributed by atoms with Crippen molar-refractivity contribution in [1.82, 2.24) is 9.80 Å². The van der Waals surface area contributed by atoms with E-state index in [9.17, 15) is 9.59 Å². The van der Waals surface area contributed by atoms with Crippen LogP contribution in [0.4, 0.5) is 0 Å². The summed E-state index contributed by atoms with van der Waals surface area (Å²) in [6, 6.07) is 14.3. The molecule has 2 aliphatic heterocycles. The van der Waals surface area contributed by atoms with E-state index in [1.807, 2.05) is 30.3 Å². The molecule has 3 heterocycles. The first-order valence-electron chi connectivity index (χ1n) is 10.5. The molecule has 7 heteroatoms. The second kappa shape index (κ2) is 8.17. The van der Waals surface area contributed by atoms with Crippen LogP contribution in [0.3, 0.4) is 0 Å². The van der Waals surface area contributed by atoms with Crippen molar-refractivity contribution in [3.05, 3.63) is 75.6 Å². The molecule has 2 aromatic carbocycles. The number of carbonyl (C=O) groups excluding carboxylic acids is 1. The number of hydrogen-bond donors (Lipinski definition) is 0. The number of methoxy groups -OCH3 is 1. The van der Waals surface area contributed by atoms with Crippen LogP contribution in [0, 0.1) is 0 Å². The summed E-state index contributed by atoms with van der Waals surface area (Å²) in [4.78, 5) is 31.0. The highest BCUT2D eigenvalue weighted by Gasteiger charge is 2.42. The highest BCUT2D eigenvalue weighted by molar-refractivity contribution is 5.99. The summed E-state index contributed by atoms with van der Waals surface area (Å²) in [6.07, 6.45) is 0. The fourth-order valence-electron chi connectivity index (χ4n) is 4.41. The Morgan fingerprint density at radius 3 is 2.55 bits per heavy atom. The van der Waals surface area contributed by atoms with Crippen LogP contribution in [0.5, 0.6) is 5.75 Å². The number of morpholine rings is 1. The minimum Gasteiger partial charge on any atom is -0.497 e. The lowest BCUT2D eigenvalue weighted by Gasteiger charge is -2.31. The zero-order chi connectivity index (χ0) is 21.4. The van der Waals surface area contributed by atoms with E-state index in [0.29, 0.717) is 48.6 Å². The molecule has 31 heavy (non-hydrogen) atoms. The van der Waals surface area contributed by atoms with Gasteiger partial charge in [-0.15, -0.1) is 0 Å². The fourth-order valence-corrected chi connectivity index (χ4v) is 4.41. The van der Waals surface area contributed by atoms with Gasteiger partial charge in [0.2, 0.25) is 5.76 Å². The van der Waals surface area contributed by atoms with Gasteiger partial charge in [-0.2, -0.15) is 0 Å². The number of fused-ring (bicyclic) bond motifs is 2. The zero-order valence-electron chi connectivity index (χ0n) is 17.4. The smallest absolute Gasteiger partial charge is 0.290 e. The number of amides is 1. The van der Waals surface area contributed by atoms with Crippen LogP contribution in [-0.2, 0) is 4.74 Å². The number of benzene rings is 2. The van der Waals surface area contributed by atoms with Gasteiger partial charge in [0, 0.05) is 32.2 Å². The third kappa shape index (κ3) is 3.49. The summed E-state index contributed by atoms with van der Waals surface area (Å²) in [5.74, 6) is 0.449. The molecule has 0 unspecified atom stereocenters. The summed E-state index contributed by atoms with van der Waals surface area (Å²) < 4.78 is 16.7. The van der Waals surface area contributed by atoms with Crippen LogP contribution in [0.2, 0.25) is 0 Å². The molecule has 1 aromatic heterocycles. The molecule has 0 saturated carbocycles. The molecular formula is C24H24N2O5. The van der Waals surface area contributed by atoms with E-state index in [1.54, 1.807) is 30.2 Å². The van der Waals surface area contributed by atoms with Crippen molar-refractivity contribution in [3.63, 3.8) is 0 Å². The molecule has 1 atom stereocenters. The van der Waals surface area contributed by atoms with E-state index in [1.165, 1.54) is 0 Å². The maximum absolute atomic E-state index is 13.5. The molecular weight excluding hydrogens is 396 g/mol. The van der Waals surface area contributed by atoms with E-state index in [-0.39, 0.29) is 17.1 Å². The van der Waals surface area contributed by atoms with Gasteiger partial charge in [0.1, 0.15) is 11.3 Å². The zero-order valence-corrected chi connectivity index (χ0v) is 17.4. The van der Waals surface area contributed by atoms with Gasteiger partial charge in [-0.3, -0.25) is 14.5 Å². The molecule has 1 fully saturated rings. The summed E-state index contributed by atoms with van der Waals surface area (Å²) in [5.41, 5.74) is 1.50. The quantitative estimate of drug-likeness (QED) is 0.632. The average Bonchev–Trinajstić information content (AvgIpc) is 3.10. The molecule has 1 saturated heterocycles. The maximum atomic E-state index is 13.5. The van der Waals surface area contributed by atoms with Gasteiger partial charge in [0.05, 0.1) is 37.3 Å². The van der Waals surface area contributed by atoms with Crippen LogP contribution in [-0.4, -0.2) is 62.2 Å². The lowest BCUT2D eigenvalue weighted by molar-refractivity contribution is 0.0314. The molecule has 0 radical (unpaired) electrons. The highest BCUT2D eigenvalue weighted by Crippen LogP contribution is 2.38. The lowest BCUT2D eigenvalue weighted by atomic mass is 9.98. The first-order valence-corrected chi connectivity index (χ1v) is 10.5. The maximum Gasteiger partial charge on any atom is 0.290 e. The molecule has 0 bridgehead atoms. The first kappa shape index (κ1) is 19.8. The van der Waals surface area contributed by atoms with E-state index in [0.717, 1.165) is 18.7 Å². The van der Waals surface area contributed by atoms with Gasteiger partial charge in [-0.25, -0.2) is 0 Å². The van der Waals surface area contributed by atoms with Crippen LogP contribution < -0.4 is 10.2 Å². The molecule has 0 aliphatic carbocycles. The summed E-state index contributed by atoms with van der Waals surface area (Å²) in [6.45, 7) is 4.29. The average molecular weight is 420 g/mol. The molecule has 0 spiro atoms. The first-order chi connectivity index (χ1) is 15.2. The number of hydrogen-bond acceptors (Lipinski definition) is 6. The summed E-state index contributed by atoms with van der Waals surface area (Å²) in [5, 5.41) is 0.448. The highest BCUT2D eigenvalue weighted by atomic mass is 16.5. The second-order valence-electron chi connectivity index (χ2n) is 7.80. The SMILES string of the molecule is COc1ccc2c(=O)c3c(oc2c1)C(=O)N(CCN1CCOCC1)[C@@H]3c1ccccc1. The Hall–Kier alpha value is -3.16. The topological polar surface area (TPSA) is 72.2 Å². The standard InChI is InChI=1S/C24H24N2O5/c1-29-17-7-8-18-19(15-17)31-23-20(22(18)27)21(16-5-3-2-4-6-16)26(24(23)28)10-9-25-11-13-30-14-12-25/h2-8,15,21H,9-14H2,1H3/t21-/m1/s1. The third-order valence-corrected chi connectivity index (χ3v) is 6.05. The number of ether oxygens (including phenoxy) is 2. The Labute approximate surface area is 179 Å². The summed E-state index contributed by atoms with van der Waals surface area (Å²) >= 11 is 0. The fraction of sp³-hybridized carbons (Fsp3) is 0.333. The number of rotatable bonds is 5. The molecule has 0 N–H and O–H groups in total. The Morgan fingerprint density at radius 2 is 1.81 bits per heavy atom. The summed E-state index contributed by atoms with van der Waals surface area (Å²) in [7, 11) is 1.55. The third-order valence-electron chi connectivity index (χ3n) is 6.05. The largest absolute Gasteiger partial charge is 0.497 e. The number of nitrogens with zero attached hydrogens (tertiary/aromatic N) is 2. The molecule has 2 aliphatic rings. The van der Waals surface area contributed by atoms with Crippen molar-refractivity contribution in [2.45, 2.75) is 6.04 Å². The van der Waals surface area contributed by atoms with Gasteiger partial charge in [0.15, 0.2) is 5.43 Å². The van der Waals surface area contributed by atoms with Gasteiger partial charge in [0.25, 0.3) is 5.91 Å². The van der Waals surface area contributed by atoms with Crippen molar-refractivity contribution in [2.75, 3.05) is 46.5 Å². The lowest BCUT2D eigenvalue weighted by Crippen LogP contribution is -2.42. The van der Waals surface area contributed by atoms with Gasteiger partial charge >= 0.3 is 0 Å². The van der Waals surface area contributed by atoms with E-state index in [4.69, 9.17) is 13.9 Å². The van der Waals surface area contributed by atoms with Crippen molar-refractivity contribution in [1.29, 1.82) is 0 Å². The van der Waals surface area contributed by atoms with Gasteiger partial charge in [-0.05, 0) is 17.7 Å². The molecule has 3 aromatic rings. The molecule has 1 amide bonds. The van der Waals surface area contributed by atoms with Crippen LogP contribution in [0.15, 0.2) is 57.7 Å². The van der Waals surface area contributed by atoms with Gasteiger partial charge in [-0.1, -0.05) is 30.3 Å². The Bertz CT molecular complexity index is 1170. The predicted octanol–water partition coefficient (Wildman–Crippen LogP) is 2.68. The van der Waals surface area contributed by atoms with E-state index < -0.39 is 6.04 Å². The molecule has 7 nitrogen and oxygen atoms in total. The number of carbonyl (C=O) groups is 1. The molecule has 160 valence electrons. The van der Waals surface area contributed by atoms with Crippen LogP contribution in [0.1, 0.15) is 27.7 Å². The van der Waals surface area contributed by atoms with E-state index in [2.05, 4.69) is 4.90 Å².